The number of halogens is 1. The van der Waals surface area contributed by atoms with E-state index in [2.05, 4.69) is 35.1 Å². The molecule has 0 saturated heterocycles. The highest BCUT2D eigenvalue weighted by molar-refractivity contribution is 9.09. The molecule has 0 bridgehead atoms. The summed E-state index contributed by atoms with van der Waals surface area (Å²) >= 11 is 3.61. The van der Waals surface area contributed by atoms with Gasteiger partial charge in [0.1, 0.15) is 0 Å². The van der Waals surface area contributed by atoms with Gasteiger partial charge in [-0.2, -0.15) is 0 Å². The molecular weight excluding hydrogens is 202 g/mol. The summed E-state index contributed by atoms with van der Waals surface area (Å²) in [6.45, 7) is 6.77. The van der Waals surface area contributed by atoms with Gasteiger partial charge in [-0.25, -0.2) is 0 Å². The first kappa shape index (κ1) is 11.4. The smallest absolute Gasteiger partial charge is 0.0155 e. The molecule has 0 spiro atoms. The highest BCUT2D eigenvalue weighted by atomic mass is 79.9. The van der Waals surface area contributed by atoms with Crippen molar-refractivity contribution in [1.82, 2.24) is 5.32 Å². The summed E-state index contributed by atoms with van der Waals surface area (Å²) in [6.07, 6.45) is 5.08. The SMILES string of the molecule is CCCCNCCC(Br)CC. The third-order valence-corrected chi connectivity index (χ3v) is 2.89. The Morgan fingerprint density at radius 1 is 1.27 bits per heavy atom. The molecule has 0 aromatic heterocycles. The molecule has 0 aromatic rings. The van der Waals surface area contributed by atoms with Gasteiger partial charge in [0.2, 0.25) is 0 Å². The van der Waals surface area contributed by atoms with Crippen LogP contribution < -0.4 is 5.32 Å². The average Bonchev–Trinajstić information content (AvgIpc) is 2.04. The molecule has 0 fully saturated rings. The van der Waals surface area contributed by atoms with E-state index >= 15 is 0 Å². The summed E-state index contributed by atoms with van der Waals surface area (Å²) in [6, 6.07) is 0. The highest BCUT2D eigenvalue weighted by Crippen LogP contribution is 2.07. The van der Waals surface area contributed by atoms with Gasteiger partial charge in [0.15, 0.2) is 0 Å². The third-order valence-electron chi connectivity index (χ3n) is 1.78. The molecule has 0 amide bonds. The number of unbranched alkanes of at least 4 members (excludes halogenated alkanes) is 1. The molecule has 1 N–H and O–H groups in total. The maximum absolute atomic E-state index is 3.61. The van der Waals surface area contributed by atoms with Crippen molar-refractivity contribution in [2.75, 3.05) is 13.1 Å². The lowest BCUT2D eigenvalue weighted by atomic mass is 10.2. The molecule has 11 heavy (non-hydrogen) atoms. The van der Waals surface area contributed by atoms with Crippen LogP contribution in [0.4, 0.5) is 0 Å². The Balaban J connectivity index is 2.89. The molecule has 0 aromatic carbocycles. The molecule has 1 nitrogen and oxygen atoms in total. The second-order valence-electron chi connectivity index (χ2n) is 2.90. The van der Waals surface area contributed by atoms with Crippen LogP contribution in [-0.2, 0) is 0 Å². The van der Waals surface area contributed by atoms with E-state index in [4.69, 9.17) is 0 Å². The maximum Gasteiger partial charge on any atom is 0.0155 e. The van der Waals surface area contributed by atoms with Crippen molar-refractivity contribution >= 4 is 15.9 Å². The fraction of sp³-hybridized carbons (Fsp3) is 1.00. The normalized spacial score (nSPS) is 13.4. The van der Waals surface area contributed by atoms with Crippen LogP contribution >= 0.6 is 15.9 Å². The van der Waals surface area contributed by atoms with Gasteiger partial charge in [-0.05, 0) is 32.4 Å². The summed E-state index contributed by atoms with van der Waals surface area (Å²) in [5, 5.41) is 3.42. The van der Waals surface area contributed by atoms with E-state index in [1.807, 2.05) is 0 Å². The molecule has 0 aliphatic heterocycles. The zero-order valence-electron chi connectivity index (χ0n) is 7.70. The molecule has 0 aliphatic carbocycles. The molecule has 0 saturated carbocycles. The van der Waals surface area contributed by atoms with Crippen LogP contribution in [0.2, 0.25) is 0 Å². The lowest BCUT2D eigenvalue weighted by Gasteiger charge is -2.06. The fourth-order valence-electron chi connectivity index (χ4n) is 0.890. The summed E-state index contributed by atoms with van der Waals surface area (Å²) in [4.78, 5) is 0.705. The van der Waals surface area contributed by atoms with E-state index < -0.39 is 0 Å². The Bertz CT molecular complexity index is 76.0. The zero-order valence-corrected chi connectivity index (χ0v) is 9.28. The van der Waals surface area contributed by atoms with Crippen molar-refractivity contribution in [2.24, 2.45) is 0 Å². The standard InChI is InChI=1S/C9H20BrN/c1-3-5-7-11-8-6-9(10)4-2/h9,11H,3-8H2,1-2H3. The van der Waals surface area contributed by atoms with Crippen LogP contribution in [0.3, 0.4) is 0 Å². The van der Waals surface area contributed by atoms with E-state index in [-0.39, 0.29) is 0 Å². The fourth-order valence-corrected chi connectivity index (χ4v) is 1.12. The van der Waals surface area contributed by atoms with E-state index in [1.54, 1.807) is 0 Å². The monoisotopic (exact) mass is 221 g/mol. The molecule has 0 radical (unpaired) electrons. The van der Waals surface area contributed by atoms with Gasteiger partial charge in [-0.15, -0.1) is 0 Å². The van der Waals surface area contributed by atoms with Gasteiger partial charge >= 0.3 is 0 Å². The van der Waals surface area contributed by atoms with E-state index in [9.17, 15) is 0 Å². The van der Waals surface area contributed by atoms with Gasteiger partial charge in [0.25, 0.3) is 0 Å². The van der Waals surface area contributed by atoms with E-state index in [1.165, 1.54) is 32.2 Å². The average molecular weight is 222 g/mol. The minimum absolute atomic E-state index is 0.705. The van der Waals surface area contributed by atoms with Crippen LogP contribution in [0.1, 0.15) is 39.5 Å². The summed E-state index contributed by atoms with van der Waals surface area (Å²) in [5.41, 5.74) is 0. The zero-order chi connectivity index (χ0) is 8.53. The van der Waals surface area contributed by atoms with E-state index in [0.29, 0.717) is 4.83 Å². The summed E-state index contributed by atoms with van der Waals surface area (Å²) in [5.74, 6) is 0. The Morgan fingerprint density at radius 3 is 2.55 bits per heavy atom. The Morgan fingerprint density at radius 2 is 2.00 bits per heavy atom. The third kappa shape index (κ3) is 8.35. The Labute approximate surface area is 79.1 Å². The van der Waals surface area contributed by atoms with Crippen molar-refractivity contribution in [2.45, 2.75) is 44.4 Å². The summed E-state index contributed by atoms with van der Waals surface area (Å²) in [7, 11) is 0. The predicted octanol–water partition coefficient (Wildman–Crippen LogP) is 2.94. The number of rotatable bonds is 7. The molecular formula is C9H20BrN. The van der Waals surface area contributed by atoms with Crippen molar-refractivity contribution in [1.29, 1.82) is 0 Å². The van der Waals surface area contributed by atoms with Crippen LogP contribution in [0, 0.1) is 0 Å². The van der Waals surface area contributed by atoms with Gasteiger partial charge in [0, 0.05) is 4.83 Å². The van der Waals surface area contributed by atoms with Gasteiger partial charge in [0.05, 0.1) is 0 Å². The minimum atomic E-state index is 0.705. The van der Waals surface area contributed by atoms with E-state index in [0.717, 1.165) is 6.54 Å². The lowest BCUT2D eigenvalue weighted by Crippen LogP contribution is -2.19. The van der Waals surface area contributed by atoms with Gasteiger partial charge in [-0.1, -0.05) is 36.2 Å². The quantitative estimate of drug-likeness (QED) is 0.515. The molecule has 68 valence electrons. The molecule has 2 heteroatoms. The number of hydrogen-bond donors (Lipinski definition) is 1. The van der Waals surface area contributed by atoms with Crippen LogP contribution in [0.25, 0.3) is 0 Å². The first-order valence-corrected chi connectivity index (χ1v) is 5.57. The first-order chi connectivity index (χ1) is 5.31. The highest BCUT2D eigenvalue weighted by Gasteiger charge is 1.98. The number of nitrogens with one attached hydrogen (secondary N) is 1. The van der Waals surface area contributed by atoms with Crippen molar-refractivity contribution in [3.05, 3.63) is 0 Å². The van der Waals surface area contributed by atoms with Gasteiger partial charge in [-0.3, -0.25) is 0 Å². The van der Waals surface area contributed by atoms with Gasteiger partial charge < -0.3 is 5.32 Å². The van der Waals surface area contributed by atoms with Crippen LogP contribution in [0.5, 0.6) is 0 Å². The Kier molecular flexibility index (Phi) is 8.88. The van der Waals surface area contributed by atoms with Crippen molar-refractivity contribution < 1.29 is 0 Å². The topological polar surface area (TPSA) is 12.0 Å². The Hall–Kier alpha value is 0.440. The predicted molar refractivity (Wildman–Crippen MR) is 55.4 cm³/mol. The number of hydrogen-bond acceptors (Lipinski definition) is 1. The maximum atomic E-state index is 3.61. The van der Waals surface area contributed by atoms with Crippen molar-refractivity contribution in [3.63, 3.8) is 0 Å². The molecule has 1 atom stereocenters. The minimum Gasteiger partial charge on any atom is -0.317 e. The van der Waals surface area contributed by atoms with Crippen molar-refractivity contribution in [3.8, 4) is 0 Å². The van der Waals surface area contributed by atoms with Crippen LogP contribution in [0.15, 0.2) is 0 Å². The number of alkyl halides is 1. The largest absolute Gasteiger partial charge is 0.317 e. The second-order valence-corrected chi connectivity index (χ2v) is 4.19. The van der Waals surface area contributed by atoms with Crippen LogP contribution in [-0.4, -0.2) is 17.9 Å². The summed E-state index contributed by atoms with van der Waals surface area (Å²) < 4.78 is 0. The first-order valence-electron chi connectivity index (χ1n) is 4.66. The molecule has 0 aliphatic rings. The second kappa shape index (κ2) is 8.54. The molecule has 1 unspecified atom stereocenters. The molecule has 0 rings (SSSR count). The lowest BCUT2D eigenvalue weighted by molar-refractivity contribution is 0.605. The molecule has 0 heterocycles.